The maximum Gasteiger partial charge on any atom is 0.160 e. The molecule has 0 bridgehead atoms. The van der Waals surface area contributed by atoms with Gasteiger partial charge in [0.15, 0.2) is 5.82 Å². The van der Waals surface area contributed by atoms with Gasteiger partial charge in [-0.05, 0) is 57.3 Å². The van der Waals surface area contributed by atoms with E-state index in [0.29, 0.717) is 0 Å². The molecule has 0 fully saturated rings. The lowest BCUT2D eigenvalue weighted by molar-refractivity contribution is 1.23. The fourth-order valence-corrected chi connectivity index (χ4v) is 7.72. The molecule has 2 aromatic heterocycles. The molecule has 7 aromatic carbocycles. The molecular formula is C42H26N2S. The van der Waals surface area contributed by atoms with Gasteiger partial charge in [-0.25, -0.2) is 9.97 Å². The third kappa shape index (κ3) is 4.32. The molecule has 210 valence electrons. The lowest BCUT2D eigenvalue weighted by Gasteiger charge is -2.13. The number of fused-ring (bicyclic) bond motifs is 7. The van der Waals surface area contributed by atoms with Gasteiger partial charge in [-0.15, -0.1) is 11.3 Å². The van der Waals surface area contributed by atoms with E-state index in [4.69, 9.17) is 9.97 Å². The maximum atomic E-state index is 5.40. The Morgan fingerprint density at radius 1 is 0.400 bits per heavy atom. The number of aromatic nitrogens is 2. The van der Waals surface area contributed by atoms with Crippen LogP contribution in [-0.2, 0) is 0 Å². The zero-order valence-electron chi connectivity index (χ0n) is 24.3. The van der Waals surface area contributed by atoms with Crippen molar-refractivity contribution in [3.8, 4) is 44.9 Å². The fraction of sp³-hybridized carbons (Fsp3) is 0. The van der Waals surface area contributed by atoms with Crippen LogP contribution in [0.2, 0.25) is 0 Å². The van der Waals surface area contributed by atoms with Gasteiger partial charge in [-0.3, -0.25) is 0 Å². The first kappa shape index (κ1) is 25.8. The van der Waals surface area contributed by atoms with E-state index in [1.54, 1.807) is 0 Å². The lowest BCUT2D eigenvalue weighted by atomic mass is 9.93. The first-order valence-corrected chi connectivity index (χ1v) is 16.0. The van der Waals surface area contributed by atoms with Gasteiger partial charge in [-0.1, -0.05) is 133 Å². The van der Waals surface area contributed by atoms with Crippen LogP contribution in [0.15, 0.2) is 158 Å². The Morgan fingerprint density at radius 3 is 1.84 bits per heavy atom. The molecule has 0 radical (unpaired) electrons. The van der Waals surface area contributed by atoms with Crippen LogP contribution >= 0.6 is 11.3 Å². The van der Waals surface area contributed by atoms with Gasteiger partial charge >= 0.3 is 0 Å². The molecule has 0 unspecified atom stereocenters. The van der Waals surface area contributed by atoms with E-state index >= 15 is 0 Å². The van der Waals surface area contributed by atoms with Gasteiger partial charge in [0, 0.05) is 36.7 Å². The van der Waals surface area contributed by atoms with Gasteiger partial charge in [0.2, 0.25) is 0 Å². The van der Waals surface area contributed by atoms with Crippen molar-refractivity contribution in [3.63, 3.8) is 0 Å². The van der Waals surface area contributed by atoms with E-state index in [1.165, 1.54) is 47.6 Å². The number of nitrogens with zero attached hydrogens (tertiary/aromatic N) is 2. The van der Waals surface area contributed by atoms with Crippen molar-refractivity contribution in [2.45, 2.75) is 0 Å². The third-order valence-corrected chi connectivity index (χ3v) is 9.80. The number of hydrogen-bond acceptors (Lipinski definition) is 3. The highest BCUT2D eigenvalue weighted by molar-refractivity contribution is 7.26. The number of benzene rings is 7. The summed E-state index contributed by atoms with van der Waals surface area (Å²) < 4.78 is 2.51. The number of rotatable bonds is 4. The first-order chi connectivity index (χ1) is 22.3. The number of thiophene rings is 1. The highest BCUT2D eigenvalue weighted by atomic mass is 32.1. The van der Waals surface area contributed by atoms with Crippen LogP contribution in [0.4, 0.5) is 0 Å². The predicted octanol–water partition coefficient (Wildman–Crippen LogP) is 11.8. The molecule has 0 aliphatic rings. The minimum absolute atomic E-state index is 0.729. The molecule has 3 heteroatoms. The molecule has 0 atom stereocenters. The summed E-state index contributed by atoms with van der Waals surface area (Å²) in [7, 11) is 0. The van der Waals surface area contributed by atoms with Gasteiger partial charge in [-0.2, -0.15) is 0 Å². The van der Waals surface area contributed by atoms with E-state index in [-0.39, 0.29) is 0 Å². The van der Waals surface area contributed by atoms with Crippen molar-refractivity contribution in [1.82, 2.24) is 9.97 Å². The Morgan fingerprint density at radius 2 is 1.02 bits per heavy atom. The molecule has 45 heavy (non-hydrogen) atoms. The largest absolute Gasteiger partial charge is 0.227 e. The van der Waals surface area contributed by atoms with Crippen LogP contribution < -0.4 is 0 Å². The third-order valence-electron chi connectivity index (χ3n) is 8.68. The molecule has 0 saturated heterocycles. The van der Waals surface area contributed by atoms with Gasteiger partial charge in [0.05, 0.1) is 11.2 Å². The van der Waals surface area contributed by atoms with E-state index in [1.807, 2.05) is 11.3 Å². The molecule has 2 heterocycles. The molecular weight excluding hydrogens is 565 g/mol. The van der Waals surface area contributed by atoms with E-state index in [2.05, 4.69) is 158 Å². The second-order valence-electron chi connectivity index (χ2n) is 11.4. The Hall–Kier alpha value is -5.64. The molecule has 0 N–H and O–H groups in total. The van der Waals surface area contributed by atoms with Crippen molar-refractivity contribution < 1.29 is 0 Å². The lowest BCUT2D eigenvalue weighted by Crippen LogP contribution is -1.96. The molecule has 0 saturated carbocycles. The summed E-state index contributed by atoms with van der Waals surface area (Å²) in [4.78, 5) is 10.7. The Kier molecular flexibility index (Phi) is 6.03. The standard InChI is InChI=1S/C42H26N2S/c1-3-12-27(13-4-1)32-19-9-10-20-33(32)30-17-11-18-31(26-30)42-43-40(29-15-5-2-6-16-29)35-23-25-37-39(41(35)44-42)38-34-21-8-7-14-28(34)22-24-36(38)45-37/h1-26H. The summed E-state index contributed by atoms with van der Waals surface area (Å²) >= 11 is 1.83. The summed E-state index contributed by atoms with van der Waals surface area (Å²) in [6.07, 6.45) is 0. The Bertz CT molecular complexity index is 2530. The monoisotopic (exact) mass is 590 g/mol. The smallest absolute Gasteiger partial charge is 0.160 e. The molecule has 0 amide bonds. The van der Waals surface area contributed by atoms with Crippen molar-refractivity contribution in [2.75, 3.05) is 0 Å². The van der Waals surface area contributed by atoms with Crippen LogP contribution in [-0.4, -0.2) is 9.97 Å². The van der Waals surface area contributed by atoms with E-state index in [0.717, 1.165) is 39.1 Å². The molecule has 0 spiro atoms. The van der Waals surface area contributed by atoms with E-state index in [9.17, 15) is 0 Å². The second-order valence-corrected chi connectivity index (χ2v) is 12.4. The van der Waals surface area contributed by atoms with Crippen molar-refractivity contribution >= 4 is 53.2 Å². The minimum atomic E-state index is 0.729. The number of hydrogen-bond donors (Lipinski definition) is 0. The Labute approximate surface area is 264 Å². The summed E-state index contributed by atoms with van der Waals surface area (Å²) in [5, 5.41) is 6.04. The van der Waals surface area contributed by atoms with Crippen molar-refractivity contribution in [2.24, 2.45) is 0 Å². The minimum Gasteiger partial charge on any atom is -0.227 e. The van der Waals surface area contributed by atoms with Crippen LogP contribution in [0.5, 0.6) is 0 Å². The van der Waals surface area contributed by atoms with Crippen LogP contribution in [0.1, 0.15) is 0 Å². The molecule has 9 aromatic rings. The van der Waals surface area contributed by atoms with Crippen molar-refractivity contribution in [1.29, 1.82) is 0 Å². The topological polar surface area (TPSA) is 25.8 Å². The van der Waals surface area contributed by atoms with E-state index < -0.39 is 0 Å². The average Bonchev–Trinajstić information content (AvgIpc) is 3.52. The van der Waals surface area contributed by atoms with Crippen LogP contribution in [0.25, 0.3) is 86.7 Å². The van der Waals surface area contributed by atoms with Crippen LogP contribution in [0.3, 0.4) is 0 Å². The molecule has 0 aliphatic heterocycles. The van der Waals surface area contributed by atoms with Crippen molar-refractivity contribution in [3.05, 3.63) is 158 Å². The van der Waals surface area contributed by atoms with Gasteiger partial charge in [0.25, 0.3) is 0 Å². The maximum absolute atomic E-state index is 5.40. The summed E-state index contributed by atoms with van der Waals surface area (Å²) in [6, 6.07) is 55.9. The summed E-state index contributed by atoms with van der Waals surface area (Å²) in [6.45, 7) is 0. The van der Waals surface area contributed by atoms with Gasteiger partial charge < -0.3 is 0 Å². The summed E-state index contributed by atoms with van der Waals surface area (Å²) in [5.41, 5.74) is 8.76. The highest BCUT2D eigenvalue weighted by Gasteiger charge is 2.18. The average molecular weight is 591 g/mol. The summed E-state index contributed by atoms with van der Waals surface area (Å²) in [5.74, 6) is 0.729. The molecule has 2 nitrogen and oxygen atoms in total. The normalized spacial score (nSPS) is 11.6. The zero-order chi connectivity index (χ0) is 29.7. The SMILES string of the molecule is c1ccc(-c2ccccc2-c2cccc(-c3nc(-c4ccccc4)c4ccc5sc6ccc7ccccc7c6c5c4n3)c2)cc1. The quantitative estimate of drug-likeness (QED) is 0.204. The molecule has 9 rings (SSSR count). The zero-order valence-corrected chi connectivity index (χ0v) is 25.1. The molecule has 0 aliphatic carbocycles. The first-order valence-electron chi connectivity index (χ1n) is 15.2. The van der Waals surface area contributed by atoms with Crippen LogP contribution in [0, 0.1) is 0 Å². The highest BCUT2D eigenvalue weighted by Crippen LogP contribution is 2.43. The fourth-order valence-electron chi connectivity index (χ4n) is 6.59. The Balaban J connectivity index is 1.33. The second kappa shape index (κ2) is 10.5. The van der Waals surface area contributed by atoms with Gasteiger partial charge in [0.1, 0.15) is 0 Å². The predicted molar refractivity (Wildman–Crippen MR) is 192 cm³/mol.